The fourth-order valence-corrected chi connectivity index (χ4v) is 1.31. The van der Waals surface area contributed by atoms with Gasteiger partial charge >= 0.3 is 5.97 Å². The third-order valence-corrected chi connectivity index (χ3v) is 2.33. The van der Waals surface area contributed by atoms with E-state index in [4.69, 9.17) is 22.4 Å². The van der Waals surface area contributed by atoms with Crippen LogP contribution in [0.15, 0.2) is 12.1 Å². The van der Waals surface area contributed by atoms with E-state index in [1.54, 1.807) is 0 Å². The van der Waals surface area contributed by atoms with Crippen LogP contribution in [0.3, 0.4) is 0 Å². The SMILES string of the molecule is NC(Cc1c(F)ccc(O)c1Cl)C(=O)O. The van der Waals surface area contributed by atoms with Gasteiger partial charge in [0, 0.05) is 12.0 Å². The van der Waals surface area contributed by atoms with Crippen molar-refractivity contribution >= 4 is 17.6 Å². The van der Waals surface area contributed by atoms with Crippen molar-refractivity contribution in [1.82, 2.24) is 0 Å². The molecule has 0 radical (unpaired) electrons. The van der Waals surface area contributed by atoms with Gasteiger partial charge < -0.3 is 15.9 Å². The predicted molar refractivity (Wildman–Crippen MR) is 52.4 cm³/mol. The molecule has 1 aromatic rings. The van der Waals surface area contributed by atoms with Gasteiger partial charge in [-0.3, -0.25) is 4.79 Å². The van der Waals surface area contributed by atoms with Crippen molar-refractivity contribution in [2.75, 3.05) is 0 Å². The van der Waals surface area contributed by atoms with E-state index >= 15 is 0 Å². The molecule has 4 N–H and O–H groups in total. The molecule has 0 bridgehead atoms. The summed E-state index contributed by atoms with van der Waals surface area (Å²) in [6.07, 6.45) is -0.269. The molecule has 1 aromatic carbocycles. The van der Waals surface area contributed by atoms with Gasteiger partial charge in [0.2, 0.25) is 0 Å². The highest BCUT2D eigenvalue weighted by Gasteiger charge is 2.18. The minimum atomic E-state index is -1.26. The largest absolute Gasteiger partial charge is 0.506 e. The first-order valence-corrected chi connectivity index (χ1v) is 4.45. The molecule has 0 heterocycles. The quantitative estimate of drug-likeness (QED) is 0.731. The van der Waals surface area contributed by atoms with Gasteiger partial charge in [0.15, 0.2) is 0 Å². The number of nitrogens with two attached hydrogens (primary N) is 1. The highest BCUT2D eigenvalue weighted by molar-refractivity contribution is 6.32. The molecule has 0 saturated heterocycles. The lowest BCUT2D eigenvalue weighted by atomic mass is 10.1. The molecule has 15 heavy (non-hydrogen) atoms. The van der Waals surface area contributed by atoms with Crippen molar-refractivity contribution in [3.8, 4) is 5.75 Å². The van der Waals surface area contributed by atoms with E-state index in [0.717, 1.165) is 12.1 Å². The Morgan fingerprint density at radius 1 is 1.60 bits per heavy atom. The molecule has 0 amide bonds. The number of carboxylic acid groups (broad SMARTS) is 1. The number of hydrogen-bond acceptors (Lipinski definition) is 3. The fraction of sp³-hybridized carbons (Fsp3) is 0.222. The zero-order chi connectivity index (χ0) is 11.6. The maximum atomic E-state index is 13.2. The van der Waals surface area contributed by atoms with Crippen LogP contribution in [0.1, 0.15) is 5.56 Å². The summed E-state index contributed by atoms with van der Waals surface area (Å²) >= 11 is 5.61. The summed E-state index contributed by atoms with van der Waals surface area (Å²) in [6.45, 7) is 0. The van der Waals surface area contributed by atoms with E-state index in [1.165, 1.54) is 0 Å². The highest BCUT2D eigenvalue weighted by atomic mass is 35.5. The van der Waals surface area contributed by atoms with Gasteiger partial charge in [-0.2, -0.15) is 0 Å². The number of phenols is 1. The van der Waals surface area contributed by atoms with Crippen molar-refractivity contribution < 1.29 is 19.4 Å². The van der Waals surface area contributed by atoms with Gasteiger partial charge in [-0.15, -0.1) is 0 Å². The van der Waals surface area contributed by atoms with E-state index in [0.29, 0.717) is 0 Å². The van der Waals surface area contributed by atoms with Crippen LogP contribution < -0.4 is 5.73 Å². The topological polar surface area (TPSA) is 83.5 Å². The van der Waals surface area contributed by atoms with Gasteiger partial charge in [0.25, 0.3) is 0 Å². The standard InChI is InChI=1S/C9H9ClFNO3/c10-8-4(3-6(12)9(14)15)5(11)1-2-7(8)13/h1-2,6,13H,3,12H2,(H,14,15). The number of carbonyl (C=O) groups is 1. The van der Waals surface area contributed by atoms with E-state index in [9.17, 15) is 14.3 Å². The first-order valence-electron chi connectivity index (χ1n) is 4.07. The molecule has 1 unspecified atom stereocenters. The second kappa shape index (κ2) is 4.46. The molecule has 0 aromatic heterocycles. The summed E-state index contributed by atoms with van der Waals surface area (Å²) in [4.78, 5) is 10.5. The Balaban J connectivity index is 3.03. The van der Waals surface area contributed by atoms with E-state index in [-0.39, 0.29) is 22.8 Å². The molecular weight excluding hydrogens is 225 g/mol. The molecular formula is C9H9ClFNO3. The number of aromatic hydroxyl groups is 1. The Morgan fingerprint density at radius 3 is 2.73 bits per heavy atom. The lowest BCUT2D eigenvalue weighted by Gasteiger charge is -2.10. The second-order valence-corrected chi connectivity index (χ2v) is 3.39. The Labute approximate surface area is 90.1 Å². The van der Waals surface area contributed by atoms with Crippen LogP contribution in [0.4, 0.5) is 4.39 Å². The molecule has 1 atom stereocenters. The molecule has 1 rings (SSSR count). The van der Waals surface area contributed by atoms with Crippen LogP contribution in [0.5, 0.6) is 5.75 Å². The smallest absolute Gasteiger partial charge is 0.320 e. The maximum absolute atomic E-state index is 13.2. The molecule has 6 heteroatoms. The van der Waals surface area contributed by atoms with Crippen molar-refractivity contribution in [1.29, 1.82) is 0 Å². The summed E-state index contributed by atoms with van der Waals surface area (Å²) < 4.78 is 13.2. The molecule has 0 aliphatic carbocycles. The monoisotopic (exact) mass is 233 g/mol. The number of benzene rings is 1. The molecule has 4 nitrogen and oxygen atoms in total. The van der Waals surface area contributed by atoms with Gasteiger partial charge in [0.05, 0.1) is 5.02 Å². The van der Waals surface area contributed by atoms with Crippen LogP contribution in [-0.2, 0) is 11.2 Å². The first kappa shape index (κ1) is 11.7. The average Bonchev–Trinajstić information content (AvgIpc) is 2.18. The van der Waals surface area contributed by atoms with E-state index in [2.05, 4.69) is 0 Å². The number of carboxylic acids is 1. The zero-order valence-electron chi connectivity index (χ0n) is 7.58. The zero-order valence-corrected chi connectivity index (χ0v) is 8.33. The average molecular weight is 234 g/mol. The lowest BCUT2D eigenvalue weighted by molar-refractivity contribution is -0.138. The third kappa shape index (κ3) is 2.57. The predicted octanol–water partition coefficient (Wildman–Crippen LogP) is 1.14. The fourth-order valence-electron chi connectivity index (χ4n) is 1.08. The lowest BCUT2D eigenvalue weighted by Crippen LogP contribution is -2.32. The van der Waals surface area contributed by atoms with Crippen molar-refractivity contribution in [3.05, 3.63) is 28.5 Å². The Morgan fingerprint density at radius 2 is 2.20 bits per heavy atom. The molecule has 0 spiro atoms. The minimum Gasteiger partial charge on any atom is -0.506 e. The summed E-state index contributed by atoms with van der Waals surface area (Å²) in [5, 5.41) is 17.5. The van der Waals surface area contributed by atoms with Crippen molar-refractivity contribution in [2.45, 2.75) is 12.5 Å². The minimum absolute atomic E-state index is 0.0911. The number of rotatable bonds is 3. The third-order valence-electron chi connectivity index (χ3n) is 1.91. The van der Waals surface area contributed by atoms with Gasteiger partial charge in [-0.05, 0) is 12.1 Å². The van der Waals surface area contributed by atoms with Crippen molar-refractivity contribution in [3.63, 3.8) is 0 Å². The Kier molecular flexibility index (Phi) is 3.49. The van der Waals surface area contributed by atoms with Crippen LogP contribution in [0, 0.1) is 5.82 Å². The van der Waals surface area contributed by atoms with Gasteiger partial charge in [-0.25, -0.2) is 4.39 Å². The van der Waals surface area contributed by atoms with Crippen LogP contribution in [0.2, 0.25) is 5.02 Å². The number of aliphatic carboxylic acids is 1. The summed E-state index contributed by atoms with van der Waals surface area (Å²) in [5.74, 6) is -2.24. The second-order valence-electron chi connectivity index (χ2n) is 3.01. The molecule has 0 aliphatic heterocycles. The van der Waals surface area contributed by atoms with E-state index < -0.39 is 17.8 Å². The Hall–Kier alpha value is -1.33. The normalized spacial score (nSPS) is 12.5. The van der Waals surface area contributed by atoms with E-state index in [1.807, 2.05) is 0 Å². The number of hydrogen-bond donors (Lipinski definition) is 3. The maximum Gasteiger partial charge on any atom is 0.320 e. The molecule has 0 fully saturated rings. The molecule has 0 aliphatic rings. The molecule has 82 valence electrons. The number of phenolic OH excluding ortho intramolecular Hbond substituents is 1. The summed E-state index contributed by atoms with van der Waals surface area (Å²) in [6, 6.07) is 0.845. The van der Waals surface area contributed by atoms with Gasteiger partial charge in [-0.1, -0.05) is 11.6 Å². The number of halogens is 2. The van der Waals surface area contributed by atoms with Crippen LogP contribution in [0.25, 0.3) is 0 Å². The molecule has 0 saturated carbocycles. The summed E-state index contributed by atoms with van der Waals surface area (Å²) in [5.41, 5.74) is 5.14. The first-order chi connectivity index (χ1) is 6.93. The van der Waals surface area contributed by atoms with Crippen LogP contribution in [-0.4, -0.2) is 22.2 Å². The van der Waals surface area contributed by atoms with Crippen LogP contribution >= 0.6 is 11.6 Å². The van der Waals surface area contributed by atoms with Gasteiger partial charge in [0.1, 0.15) is 17.6 Å². The summed E-state index contributed by atoms with van der Waals surface area (Å²) in [7, 11) is 0. The Bertz CT molecular complexity index is 397. The highest BCUT2D eigenvalue weighted by Crippen LogP contribution is 2.29. The van der Waals surface area contributed by atoms with Crippen molar-refractivity contribution in [2.24, 2.45) is 5.73 Å².